The quantitative estimate of drug-likeness (QED) is 0.304. The van der Waals surface area contributed by atoms with E-state index in [0.717, 1.165) is 85.5 Å². The molecule has 4 aliphatic rings. The Balaban J connectivity index is 1.17. The molecule has 7 heterocycles. The Bertz CT molecular complexity index is 1810. The van der Waals surface area contributed by atoms with E-state index < -0.39 is 0 Å². The smallest absolute Gasteiger partial charge is 0.254 e. The molecule has 8 rings (SSSR count). The molecule has 2 N–H and O–H groups in total. The van der Waals surface area contributed by atoms with Gasteiger partial charge in [-0.1, -0.05) is 6.92 Å². The first-order valence-corrected chi connectivity index (χ1v) is 16.7. The van der Waals surface area contributed by atoms with Gasteiger partial charge in [-0.3, -0.25) is 14.0 Å². The molecular formula is C35H43N7O3. The van der Waals surface area contributed by atoms with E-state index in [2.05, 4.69) is 36.6 Å². The number of nitrogens with zero attached hydrogens (tertiary/aromatic N) is 6. The average molecular weight is 610 g/mol. The maximum atomic E-state index is 13.8. The zero-order valence-electron chi connectivity index (χ0n) is 26.5. The summed E-state index contributed by atoms with van der Waals surface area (Å²) < 4.78 is 10.2. The highest BCUT2D eigenvalue weighted by Crippen LogP contribution is 2.40. The summed E-state index contributed by atoms with van der Waals surface area (Å²) in [4.78, 5) is 41.0. The molecule has 4 atom stereocenters. The molecule has 4 fully saturated rings. The number of likely N-dealkylation sites (tertiary alicyclic amines) is 1. The number of imidazole rings is 1. The summed E-state index contributed by atoms with van der Waals surface area (Å²) in [5.74, 6) is 1.48. The van der Waals surface area contributed by atoms with E-state index >= 15 is 0 Å². The van der Waals surface area contributed by atoms with Crippen molar-refractivity contribution in [1.29, 1.82) is 0 Å². The maximum absolute atomic E-state index is 13.8. The number of carbonyl (C=O) groups is 2. The van der Waals surface area contributed by atoms with Crippen molar-refractivity contribution in [2.75, 3.05) is 20.2 Å². The van der Waals surface area contributed by atoms with Crippen molar-refractivity contribution in [3.8, 4) is 17.3 Å². The van der Waals surface area contributed by atoms with Crippen LogP contribution in [0.5, 0.6) is 5.88 Å². The van der Waals surface area contributed by atoms with Gasteiger partial charge in [-0.25, -0.2) is 9.97 Å². The number of hydrogen-bond acceptors (Lipinski definition) is 6. The van der Waals surface area contributed by atoms with E-state index in [1.807, 2.05) is 26.3 Å². The van der Waals surface area contributed by atoms with Crippen LogP contribution in [0.2, 0.25) is 0 Å². The molecule has 0 aromatic carbocycles. The molecule has 3 saturated heterocycles. The van der Waals surface area contributed by atoms with Crippen molar-refractivity contribution in [3.63, 3.8) is 0 Å². The fourth-order valence-electron chi connectivity index (χ4n) is 8.11. The highest BCUT2D eigenvalue weighted by Gasteiger charge is 2.47. The fourth-order valence-corrected chi connectivity index (χ4v) is 8.11. The van der Waals surface area contributed by atoms with Crippen LogP contribution in [0.1, 0.15) is 86.0 Å². The number of fused-ring (bicyclic) bond motifs is 4. The topological polar surface area (TPSA) is 111 Å². The van der Waals surface area contributed by atoms with Gasteiger partial charge in [0, 0.05) is 72.8 Å². The van der Waals surface area contributed by atoms with Crippen molar-refractivity contribution in [2.45, 2.75) is 95.8 Å². The third-order valence-electron chi connectivity index (χ3n) is 10.8. The van der Waals surface area contributed by atoms with E-state index in [1.54, 1.807) is 7.11 Å². The Morgan fingerprint density at radius 3 is 2.56 bits per heavy atom. The van der Waals surface area contributed by atoms with Crippen LogP contribution in [-0.2, 0) is 11.3 Å². The summed E-state index contributed by atoms with van der Waals surface area (Å²) in [7, 11) is 1.64. The summed E-state index contributed by atoms with van der Waals surface area (Å²) in [6, 6.07) is 10.5. The monoisotopic (exact) mass is 609 g/mol. The third kappa shape index (κ3) is 4.80. The summed E-state index contributed by atoms with van der Waals surface area (Å²) in [5, 5.41) is 1.06. The minimum Gasteiger partial charge on any atom is -0.482 e. The number of nitrogens with two attached hydrogens (primary N) is 1. The molecule has 45 heavy (non-hydrogen) atoms. The molecule has 4 aromatic heterocycles. The minimum atomic E-state index is 0.00959. The first-order chi connectivity index (χ1) is 21.8. The lowest BCUT2D eigenvalue weighted by Gasteiger charge is -2.23. The highest BCUT2D eigenvalue weighted by molar-refractivity contribution is 5.97. The number of methoxy groups -OCH3 is 1. The molecule has 10 nitrogen and oxygen atoms in total. The first-order valence-electron chi connectivity index (χ1n) is 16.7. The van der Waals surface area contributed by atoms with Crippen LogP contribution in [0.3, 0.4) is 0 Å². The molecule has 2 bridgehead atoms. The molecule has 236 valence electrons. The Morgan fingerprint density at radius 2 is 1.87 bits per heavy atom. The summed E-state index contributed by atoms with van der Waals surface area (Å²) >= 11 is 0. The molecule has 1 aliphatic carbocycles. The Labute approximate surface area is 263 Å². The van der Waals surface area contributed by atoms with Crippen LogP contribution in [-0.4, -0.2) is 78.9 Å². The van der Waals surface area contributed by atoms with Gasteiger partial charge in [0.15, 0.2) is 5.88 Å². The lowest BCUT2D eigenvalue weighted by molar-refractivity contribution is -0.130. The molecule has 3 aliphatic heterocycles. The first kappa shape index (κ1) is 28.5. The number of rotatable bonds is 8. The van der Waals surface area contributed by atoms with Crippen molar-refractivity contribution in [1.82, 2.24) is 28.7 Å². The Kier molecular flexibility index (Phi) is 6.89. The van der Waals surface area contributed by atoms with Gasteiger partial charge in [0.25, 0.3) is 5.91 Å². The second-order valence-corrected chi connectivity index (χ2v) is 13.9. The van der Waals surface area contributed by atoms with E-state index in [4.69, 9.17) is 20.4 Å². The molecule has 4 aromatic rings. The van der Waals surface area contributed by atoms with Crippen LogP contribution >= 0.6 is 0 Å². The van der Waals surface area contributed by atoms with E-state index in [-0.39, 0.29) is 35.9 Å². The largest absolute Gasteiger partial charge is 0.482 e. The zero-order chi connectivity index (χ0) is 31.0. The highest BCUT2D eigenvalue weighted by atomic mass is 16.5. The SMILES string of the molecule is COc1cc(C(=O)N2[C@H]3CC[C@@H]2[C@H](N)C3)cc2nc(-c3cc4ccc([C@H](C)CC(=O)N5CCCC5)nc4n3CC3CC3)c(C)n12. The molecule has 1 saturated carbocycles. The van der Waals surface area contributed by atoms with Crippen molar-refractivity contribution < 1.29 is 14.3 Å². The molecule has 0 unspecified atom stereocenters. The minimum absolute atomic E-state index is 0.00959. The zero-order valence-corrected chi connectivity index (χ0v) is 26.5. The van der Waals surface area contributed by atoms with Crippen molar-refractivity contribution >= 4 is 28.5 Å². The van der Waals surface area contributed by atoms with E-state index in [9.17, 15) is 9.59 Å². The number of aryl methyl sites for hydroxylation is 1. The molecule has 0 spiro atoms. The lowest BCUT2D eigenvalue weighted by atomic mass is 9.97. The van der Waals surface area contributed by atoms with Crippen molar-refractivity contribution in [3.05, 3.63) is 47.3 Å². The number of carbonyl (C=O) groups excluding carboxylic acids is 2. The molecule has 0 radical (unpaired) electrons. The second-order valence-electron chi connectivity index (χ2n) is 13.9. The van der Waals surface area contributed by atoms with E-state index in [1.165, 1.54) is 12.8 Å². The van der Waals surface area contributed by atoms with Crippen LogP contribution in [0, 0.1) is 12.8 Å². The third-order valence-corrected chi connectivity index (χ3v) is 10.8. The number of ether oxygens (including phenoxy) is 1. The maximum Gasteiger partial charge on any atom is 0.254 e. The summed E-state index contributed by atoms with van der Waals surface area (Å²) in [6.45, 7) is 6.79. The predicted octanol–water partition coefficient (Wildman–Crippen LogP) is 4.90. The van der Waals surface area contributed by atoms with Crippen molar-refractivity contribution in [2.24, 2.45) is 11.7 Å². The van der Waals surface area contributed by atoms with Gasteiger partial charge in [0.05, 0.1) is 18.5 Å². The number of hydrogen-bond donors (Lipinski definition) is 1. The van der Waals surface area contributed by atoms with Crippen LogP contribution < -0.4 is 10.5 Å². The summed E-state index contributed by atoms with van der Waals surface area (Å²) in [6.07, 6.45) is 7.96. The standard InChI is InChI=1S/C35H43N7O3/c1-20(14-31(43)39-12-4-5-13-39)27-10-8-23-15-29(40(34(23)37-27)19-22-6-7-22)33-21(2)41-30(38-33)16-24(17-32(41)45-3)35(44)42-25-9-11-28(42)26(36)18-25/h8,10,15-17,20,22,25-26,28H,4-7,9,11-14,18-19,36H2,1-3H3/t20-,25+,26-,28-/m1/s1. The second kappa shape index (κ2) is 10.9. The van der Waals surface area contributed by atoms with Gasteiger partial charge >= 0.3 is 0 Å². The number of amides is 2. The summed E-state index contributed by atoms with van der Waals surface area (Å²) in [5.41, 5.74) is 12.3. The number of aromatic nitrogens is 4. The van der Waals surface area contributed by atoms with Gasteiger partial charge in [0.1, 0.15) is 17.0 Å². The molecule has 2 amide bonds. The van der Waals surface area contributed by atoms with Gasteiger partial charge in [0.2, 0.25) is 5.91 Å². The van der Waals surface area contributed by atoms with Crippen LogP contribution in [0.4, 0.5) is 0 Å². The fraction of sp³-hybridized carbons (Fsp3) is 0.543. The van der Waals surface area contributed by atoms with Gasteiger partial charge in [-0.2, -0.15) is 0 Å². The predicted molar refractivity (Wildman–Crippen MR) is 172 cm³/mol. The average Bonchev–Trinajstić information content (AvgIpc) is 3.46. The van der Waals surface area contributed by atoms with Gasteiger partial charge < -0.3 is 24.8 Å². The normalized spacial score (nSPS) is 23.5. The number of pyridine rings is 2. The van der Waals surface area contributed by atoms with Gasteiger partial charge in [-0.15, -0.1) is 0 Å². The van der Waals surface area contributed by atoms with Gasteiger partial charge in [-0.05, 0) is 82.1 Å². The lowest BCUT2D eigenvalue weighted by Crippen LogP contribution is -2.40. The Hall–Kier alpha value is -3.92. The Morgan fingerprint density at radius 1 is 1.07 bits per heavy atom. The van der Waals surface area contributed by atoms with Crippen LogP contribution in [0.15, 0.2) is 30.3 Å². The van der Waals surface area contributed by atoms with E-state index in [0.29, 0.717) is 29.4 Å². The molecule has 10 heteroatoms. The molecular weight excluding hydrogens is 566 g/mol. The van der Waals surface area contributed by atoms with Crippen LogP contribution in [0.25, 0.3) is 28.1 Å².